The fraction of sp³-hybridized carbons (Fsp3) is 0.381. The Morgan fingerprint density at radius 2 is 1.81 bits per heavy atom. The minimum atomic E-state index is -0.0335. The zero-order valence-corrected chi connectivity index (χ0v) is 16.6. The lowest BCUT2D eigenvalue weighted by Crippen LogP contribution is -2.29. The molecule has 0 heterocycles. The van der Waals surface area contributed by atoms with Crippen LogP contribution >= 0.6 is 11.8 Å². The predicted octanol–water partition coefficient (Wildman–Crippen LogP) is 3.67. The molecule has 0 aliphatic heterocycles. The molecule has 1 amide bonds. The van der Waals surface area contributed by atoms with Crippen LogP contribution in [0.2, 0.25) is 0 Å². The lowest BCUT2D eigenvalue weighted by atomic mass is 10.2. The molecule has 5 heteroatoms. The number of nitrogens with zero attached hydrogens (tertiary/aromatic N) is 1. The van der Waals surface area contributed by atoms with Crippen molar-refractivity contribution in [2.75, 3.05) is 33.0 Å². The minimum Gasteiger partial charge on any atom is -0.492 e. The normalized spacial score (nSPS) is 12.0. The van der Waals surface area contributed by atoms with Gasteiger partial charge in [-0.3, -0.25) is 4.79 Å². The minimum absolute atomic E-state index is 0.0335. The number of ether oxygens (including phenoxy) is 1. The van der Waals surface area contributed by atoms with E-state index in [1.165, 1.54) is 4.90 Å². The maximum absolute atomic E-state index is 12.3. The number of carbonyl (C=O) groups excluding carboxylic acids is 1. The molecule has 0 aromatic heterocycles. The van der Waals surface area contributed by atoms with Gasteiger partial charge in [0.15, 0.2) is 0 Å². The third kappa shape index (κ3) is 7.50. The smallest absolute Gasteiger partial charge is 0.223 e. The molecule has 1 N–H and O–H groups in total. The van der Waals surface area contributed by atoms with Gasteiger partial charge in [-0.25, -0.2) is 0 Å². The van der Waals surface area contributed by atoms with Crippen LogP contribution in [0.15, 0.2) is 59.5 Å². The SMILES string of the molecule is CC(CSc1ccccc1)C(=O)NCc1ccc(OCCN(C)C)cc1. The monoisotopic (exact) mass is 372 g/mol. The number of hydrogen-bond acceptors (Lipinski definition) is 4. The van der Waals surface area contributed by atoms with Crippen molar-refractivity contribution in [2.24, 2.45) is 5.92 Å². The maximum atomic E-state index is 12.3. The van der Waals surface area contributed by atoms with E-state index in [1.807, 2.05) is 63.5 Å². The molecule has 0 fully saturated rings. The molecule has 2 aromatic rings. The van der Waals surface area contributed by atoms with Gasteiger partial charge in [0.05, 0.1) is 0 Å². The molecule has 0 radical (unpaired) electrons. The highest BCUT2D eigenvalue weighted by atomic mass is 32.2. The van der Waals surface area contributed by atoms with E-state index in [0.29, 0.717) is 13.2 Å². The number of carbonyl (C=O) groups is 1. The summed E-state index contributed by atoms with van der Waals surface area (Å²) in [6, 6.07) is 18.1. The van der Waals surface area contributed by atoms with Crippen LogP contribution < -0.4 is 10.1 Å². The molecule has 1 atom stereocenters. The zero-order chi connectivity index (χ0) is 18.8. The molecule has 1 unspecified atom stereocenters. The van der Waals surface area contributed by atoms with Crippen molar-refractivity contribution in [1.82, 2.24) is 10.2 Å². The van der Waals surface area contributed by atoms with E-state index in [4.69, 9.17) is 4.74 Å². The van der Waals surface area contributed by atoms with Gasteiger partial charge in [0.2, 0.25) is 5.91 Å². The molecule has 0 saturated heterocycles. The number of likely N-dealkylation sites (N-methyl/N-ethyl adjacent to an activating group) is 1. The largest absolute Gasteiger partial charge is 0.492 e. The van der Waals surface area contributed by atoms with Gasteiger partial charge in [0.1, 0.15) is 12.4 Å². The zero-order valence-electron chi connectivity index (χ0n) is 15.8. The van der Waals surface area contributed by atoms with E-state index in [1.54, 1.807) is 11.8 Å². The molecule has 2 rings (SSSR count). The summed E-state index contributed by atoms with van der Waals surface area (Å²) in [6.07, 6.45) is 0. The molecule has 0 spiro atoms. The fourth-order valence-electron chi connectivity index (χ4n) is 2.23. The molecular weight excluding hydrogens is 344 g/mol. The highest BCUT2D eigenvalue weighted by Gasteiger charge is 2.12. The first-order chi connectivity index (χ1) is 12.5. The molecule has 2 aromatic carbocycles. The van der Waals surface area contributed by atoms with Crippen LogP contribution in [0.4, 0.5) is 0 Å². The second-order valence-corrected chi connectivity index (χ2v) is 7.63. The number of amides is 1. The Bertz CT molecular complexity index is 659. The van der Waals surface area contributed by atoms with Crippen molar-refractivity contribution in [1.29, 1.82) is 0 Å². The summed E-state index contributed by atoms with van der Waals surface area (Å²) in [6.45, 7) is 4.06. The third-order valence-electron chi connectivity index (χ3n) is 3.89. The van der Waals surface area contributed by atoms with E-state index in [0.717, 1.165) is 23.6 Å². The number of thioether (sulfide) groups is 1. The van der Waals surface area contributed by atoms with Crippen LogP contribution in [0.1, 0.15) is 12.5 Å². The first-order valence-electron chi connectivity index (χ1n) is 8.86. The van der Waals surface area contributed by atoms with Gasteiger partial charge >= 0.3 is 0 Å². The maximum Gasteiger partial charge on any atom is 0.223 e. The fourth-order valence-corrected chi connectivity index (χ4v) is 3.17. The van der Waals surface area contributed by atoms with Gasteiger partial charge in [0, 0.05) is 29.7 Å². The van der Waals surface area contributed by atoms with Crippen LogP contribution in [-0.2, 0) is 11.3 Å². The molecule has 0 aliphatic carbocycles. The van der Waals surface area contributed by atoms with E-state index in [2.05, 4.69) is 22.3 Å². The summed E-state index contributed by atoms with van der Waals surface area (Å²) in [5.41, 5.74) is 1.07. The Balaban J connectivity index is 1.70. The Morgan fingerprint density at radius 1 is 1.12 bits per heavy atom. The van der Waals surface area contributed by atoms with Gasteiger partial charge in [-0.1, -0.05) is 37.3 Å². The van der Waals surface area contributed by atoms with Crippen molar-refractivity contribution in [3.8, 4) is 5.75 Å². The summed E-state index contributed by atoms with van der Waals surface area (Å²) in [4.78, 5) is 15.5. The second-order valence-electron chi connectivity index (χ2n) is 6.54. The van der Waals surface area contributed by atoms with Crippen LogP contribution in [0, 0.1) is 5.92 Å². The first-order valence-corrected chi connectivity index (χ1v) is 9.85. The van der Waals surface area contributed by atoms with Crippen LogP contribution in [0.3, 0.4) is 0 Å². The lowest BCUT2D eigenvalue weighted by Gasteiger charge is -2.13. The Labute approximate surface area is 160 Å². The summed E-state index contributed by atoms with van der Waals surface area (Å²) in [5, 5.41) is 3.01. The average molecular weight is 373 g/mol. The summed E-state index contributed by atoms with van der Waals surface area (Å²) >= 11 is 1.71. The van der Waals surface area contributed by atoms with Crippen LogP contribution in [0.5, 0.6) is 5.75 Å². The van der Waals surface area contributed by atoms with Crippen LogP contribution in [-0.4, -0.2) is 43.8 Å². The molecule has 0 saturated carbocycles. The topological polar surface area (TPSA) is 41.6 Å². The van der Waals surface area contributed by atoms with Crippen LogP contribution in [0.25, 0.3) is 0 Å². The number of nitrogens with one attached hydrogen (secondary N) is 1. The Kier molecular flexibility index (Phi) is 8.51. The quantitative estimate of drug-likeness (QED) is 0.646. The van der Waals surface area contributed by atoms with Crippen molar-refractivity contribution in [3.63, 3.8) is 0 Å². The summed E-state index contributed by atoms with van der Waals surface area (Å²) in [7, 11) is 4.04. The first kappa shape index (κ1) is 20.3. The highest BCUT2D eigenvalue weighted by molar-refractivity contribution is 7.99. The van der Waals surface area contributed by atoms with Crippen molar-refractivity contribution >= 4 is 17.7 Å². The predicted molar refractivity (Wildman–Crippen MR) is 109 cm³/mol. The third-order valence-corrected chi connectivity index (χ3v) is 5.16. The second kappa shape index (κ2) is 10.9. The van der Waals surface area contributed by atoms with Crippen molar-refractivity contribution in [3.05, 3.63) is 60.2 Å². The van der Waals surface area contributed by atoms with Gasteiger partial charge in [-0.15, -0.1) is 11.8 Å². The molecular formula is C21H28N2O2S. The molecule has 26 heavy (non-hydrogen) atoms. The molecule has 140 valence electrons. The highest BCUT2D eigenvalue weighted by Crippen LogP contribution is 2.20. The van der Waals surface area contributed by atoms with Gasteiger partial charge < -0.3 is 15.0 Å². The van der Waals surface area contributed by atoms with E-state index < -0.39 is 0 Å². The molecule has 4 nitrogen and oxygen atoms in total. The average Bonchev–Trinajstić information content (AvgIpc) is 2.65. The van der Waals surface area contributed by atoms with E-state index in [9.17, 15) is 4.79 Å². The summed E-state index contributed by atoms with van der Waals surface area (Å²) in [5.74, 6) is 1.68. The number of rotatable bonds is 10. The molecule has 0 aliphatic rings. The van der Waals surface area contributed by atoms with Gasteiger partial charge in [-0.05, 0) is 43.9 Å². The number of benzene rings is 2. The summed E-state index contributed by atoms with van der Waals surface area (Å²) < 4.78 is 5.68. The standard InChI is InChI=1S/C21H28N2O2S/c1-17(16-26-20-7-5-4-6-8-20)21(24)22-15-18-9-11-19(12-10-18)25-14-13-23(2)3/h4-12,17H,13-16H2,1-3H3,(H,22,24). The lowest BCUT2D eigenvalue weighted by molar-refractivity contribution is -0.124. The van der Waals surface area contributed by atoms with Gasteiger partial charge in [0.25, 0.3) is 0 Å². The van der Waals surface area contributed by atoms with E-state index >= 15 is 0 Å². The molecule has 0 bridgehead atoms. The van der Waals surface area contributed by atoms with Crippen molar-refractivity contribution < 1.29 is 9.53 Å². The Hall–Kier alpha value is -1.98. The number of hydrogen-bond donors (Lipinski definition) is 1. The van der Waals surface area contributed by atoms with E-state index in [-0.39, 0.29) is 11.8 Å². The van der Waals surface area contributed by atoms with Gasteiger partial charge in [-0.2, -0.15) is 0 Å². The Morgan fingerprint density at radius 3 is 2.46 bits per heavy atom. The van der Waals surface area contributed by atoms with Crippen molar-refractivity contribution in [2.45, 2.75) is 18.4 Å².